The highest BCUT2D eigenvalue weighted by Crippen LogP contribution is 2.37. The summed E-state index contributed by atoms with van der Waals surface area (Å²) in [7, 11) is -3.77. The molecule has 136 valence electrons. The van der Waals surface area contributed by atoms with Crippen molar-refractivity contribution in [2.45, 2.75) is 17.4 Å². The average molecular weight is 397 g/mol. The minimum atomic E-state index is -3.77. The van der Waals surface area contributed by atoms with Crippen molar-refractivity contribution in [1.29, 1.82) is 0 Å². The molecule has 4 nitrogen and oxygen atoms in total. The molecule has 1 heterocycles. The van der Waals surface area contributed by atoms with Crippen LogP contribution in [0.1, 0.15) is 23.6 Å². The van der Waals surface area contributed by atoms with Crippen molar-refractivity contribution in [3.05, 3.63) is 101 Å². The van der Waals surface area contributed by atoms with E-state index in [1.54, 1.807) is 42.5 Å². The Bertz CT molecular complexity index is 1070. The van der Waals surface area contributed by atoms with Crippen molar-refractivity contribution in [2.24, 2.45) is 5.10 Å². The summed E-state index contributed by atoms with van der Waals surface area (Å²) < 4.78 is 27.7. The van der Waals surface area contributed by atoms with E-state index in [0.29, 0.717) is 11.4 Å². The molecule has 3 aromatic carbocycles. The number of rotatable bonds is 4. The lowest BCUT2D eigenvalue weighted by molar-refractivity contribution is 0.371. The van der Waals surface area contributed by atoms with Crippen LogP contribution in [0.4, 0.5) is 0 Å². The Kier molecular flexibility index (Phi) is 4.72. The number of sulfonamides is 1. The van der Waals surface area contributed by atoms with E-state index in [9.17, 15) is 8.42 Å². The molecule has 0 amide bonds. The molecule has 0 aliphatic carbocycles. The van der Waals surface area contributed by atoms with Crippen molar-refractivity contribution in [3.8, 4) is 0 Å². The summed E-state index contributed by atoms with van der Waals surface area (Å²) in [5.41, 5.74) is 2.52. The maximum Gasteiger partial charge on any atom is 0.279 e. The Hall–Kier alpha value is -2.63. The van der Waals surface area contributed by atoms with Gasteiger partial charge in [0.25, 0.3) is 10.0 Å². The summed E-state index contributed by atoms with van der Waals surface area (Å²) in [4.78, 5) is 0.224. The smallest absolute Gasteiger partial charge is 0.200 e. The van der Waals surface area contributed by atoms with Crippen LogP contribution in [-0.4, -0.2) is 18.5 Å². The SMILES string of the molecule is O=S(=O)(c1ccccc1)N1N=C(c2ccccc2)C[C@@H]1c1ccc(Cl)cc1. The van der Waals surface area contributed by atoms with Gasteiger partial charge in [0.1, 0.15) is 0 Å². The molecule has 0 fully saturated rings. The number of hydrogen-bond donors (Lipinski definition) is 0. The van der Waals surface area contributed by atoms with E-state index < -0.39 is 16.1 Å². The van der Waals surface area contributed by atoms with Gasteiger partial charge in [0.05, 0.1) is 16.6 Å². The molecular weight excluding hydrogens is 380 g/mol. The molecule has 6 heteroatoms. The Labute approximate surface area is 163 Å². The minimum Gasteiger partial charge on any atom is -0.200 e. The normalized spacial score (nSPS) is 17.0. The fraction of sp³-hybridized carbons (Fsp3) is 0.0952. The maximum absolute atomic E-state index is 13.3. The van der Waals surface area contributed by atoms with Crippen molar-refractivity contribution in [3.63, 3.8) is 0 Å². The van der Waals surface area contributed by atoms with Gasteiger partial charge >= 0.3 is 0 Å². The molecule has 0 radical (unpaired) electrons. The fourth-order valence-electron chi connectivity index (χ4n) is 3.15. The molecule has 0 N–H and O–H groups in total. The topological polar surface area (TPSA) is 49.7 Å². The first-order valence-corrected chi connectivity index (χ1v) is 10.4. The zero-order valence-electron chi connectivity index (χ0n) is 14.4. The van der Waals surface area contributed by atoms with Crippen LogP contribution in [0.15, 0.2) is 94.9 Å². The maximum atomic E-state index is 13.3. The zero-order valence-corrected chi connectivity index (χ0v) is 15.9. The standard InChI is InChI=1S/C21H17ClN2O2S/c22-18-13-11-17(12-14-18)21-15-20(16-7-3-1-4-8-16)23-24(21)27(25,26)19-9-5-2-6-10-19/h1-14,21H,15H2/t21-/m1/s1. The quantitative estimate of drug-likeness (QED) is 0.631. The van der Waals surface area contributed by atoms with E-state index in [-0.39, 0.29) is 4.90 Å². The second-order valence-corrected chi connectivity index (χ2v) is 8.51. The monoisotopic (exact) mass is 396 g/mol. The van der Waals surface area contributed by atoms with Gasteiger partial charge in [-0.05, 0) is 35.4 Å². The molecule has 0 bridgehead atoms. The van der Waals surface area contributed by atoms with Crippen molar-refractivity contribution < 1.29 is 8.42 Å². The number of halogens is 1. The second kappa shape index (κ2) is 7.18. The first-order valence-electron chi connectivity index (χ1n) is 8.53. The van der Waals surface area contributed by atoms with E-state index in [4.69, 9.17) is 11.6 Å². The Morgan fingerprint density at radius 2 is 1.44 bits per heavy atom. The number of hydrazone groups is 1. The molecule has 1 aliphatic rings. The van der Waals surface area contributed by atoms with Gasteiger partial charge in [0.2, 0.25) is 0 Å². The molecule has 0 saturated carbocycles. The van der Waals surface area contributed by atoms with E-state index in [0.717, 1.165) is 16.8 Å². The van der Waals surface area contributed by atoms with Crippen LogP contribution in [0.2, 0.25) is 5.02 Å². The third-order valence-corrected chi connectivity index (χ3v) is 6.47. The van der Waals surface area contributed by atoms with Crippen LogP contribution in [0.5, 0.6) is 0 Å². The van der Waals surface area contributed by atoms with Gasteiger partial charge in [0, 0.05) is 11.4 Å². The van der Waals surface area contributed by atoms with Crippen LogP contribution in [-0.2, 0) is 10.0 Å². The van der Waals surface area contributed by atoms with Gasteiger partial charge in [-0.2, -0.15) is 17.9 Å². The second-order valence-electron chi connectivity index (χ2n) is 6.27. The molecule has 1 atom stereocenters. The molecule has 0 spiro atoms. The Morgan fingerprint density at radius 1 is 0.852 bits per heavy atom. The summed E-state index contributed by atoms with van der Waals surface area (Å²) >= 11 is 6.00. The van der Waals surface area contributed by atoms with Gasteiger partial charge in [-0.3, -0.25) is 0 Å². The fourth-order valence-corrected chi connectivity index (χ4v) is 4.73. The predicted molar refractivity (Wildman–Crippen MR) is 107 cm³/mol. The van der Waals surface area contributed by atoms with E-state index >= 15 is 0 Å². The molecule has 0 saturated heterocycles. The van der Waals surface area contributed by atoms with Crippen LogP contribution in [0.3, 0.4) is 0 Å². The third kappa shape index (κ3) is 3.48. The summed E-state index contributed by atoms with van der Waals surface area (Å²) in [5.74, 6) is 0. The molecule has 0 unspecified atom stereocenters. The molecule has 27 heavy (non-hydrogen) atoms. The van der Waals surface area contributed by atoms with Crippen LogP contribution in [0.25, 0.3) is 0 Å². The highest BCUT2D eigenvalue weighted by Gasteiger charge is 2.37. The molecular formula is C21H17ClN2O2S. The first kappa shape index (κ1) is 17.8. The lowest BCUT2D eigenvalue weighted by Crippen LogP contribution is -2.27. The number of nitrogens with zero attached hydrogens (tertiary/aromatic N) is 2. The van der Waals surface area contributed by atoms with Gasteiger partial charge in [-0.1, -0.05) is 72.3 Å². The molecule has 4 rings (SSSR count). The van der Waals surface area contributed by atoms with Crippen molar-refractivity contribution in [1.82, 2.24) is 4.41 Å². The minimum absolute atomic E-state index is 0.224. The lowest BCUT2D eigenvalue weighted by Gasteiger charge is -2.23. The first-order chi connectivity index (χ1) is 13.1. The molecule has 3 aromatic rings. The van der Waals surface area contributed by atoms with Gasteiger partial charge < -0.3 is 0 Å². The van der Waals surface area contributed by atoms with E-state index in [1.165, 1.54) is 4.41 Å². The highest BCUT2D eigenvalue weighted by atomic mass is 35.5. The largest absolute Gasteiger partial charge is 0.279 e. The number of benzene rings is 3. The number of hydrogen-bond acceptors (Lipinski definition) is 3. The Morgan fingerprint density at radius 3 is 2.07 bits per heavy atom. The Balaban J connectivity index is 1.80. The van der Waals surface area contributed by atoms with Crippen LogP contribution >= 0.6 is 11.6 Å². The summed E-state index contributed by atoms with van der Waals surface area (Å²) in [6.45, 7) is 0. The average Bonchev–Trinajstić information content (AvgIpc) is 3.16. The molecule has 1 aliphatic heterocycles. The molecule has 0 aromatic heterocycles. The zero-order chi connectivity index (χ0) is 18.9. The van der Waals surface area contributed by atoms with Crippen LogP contribution < -0.4 is 0 Å². The summed E-state index contributed by atoms with van der Waals surface area (Å²) in [6, 6.07) is 24.9. The summed E-state index contributed by atoms with van der Waals surface area (Å²) in [6.07, 6.45) is 0.498. The van der Waals surface area contributed by atoms with E-state index in [2.05, 4.69) is 5.10 Å². The van der Waals surface area contributed by atoms with Crippen molar-refractivity contribution >= 4 is 27.3 Å². The van der Waals surface area contributed by atoms with Gasteiger partial charge in [-0.15, -0.1) is 0 Å². The van der Waals surface area contributed by atoms with Gasteiger partial charge in [0.15, 0.2) is 0 Å². The van der Waals surface area contributed by atoms with Crippen molar-refractivity contribution in [2.75, 3.05) is 0 Å². The highest BCUT2D eigenvalue weighted by molar-refractivity contribution is 7.89. The van der Waals surface area contributed by atoms with Crippen LogP contribution in [0, 0.1) is 0 Å². The third-order valence-electron chi connectivity index (χ3n) is 4.52. The van der Waals surface area contributed by atoms with E-state index in [1.807, 2.05) is 42.5 Å². The van der Waals surface area contributed by atoms with Gasteiger partial charge in [-0.25, -0.2) is 0 Å². The predicted octanol–water partition coefficient (Wildman–Crippen LogP) is 4.88. The summed E-state index contributed by atoms with van der Waals surface area (Å²) in [5, 5.41) is 5.13. The lowest BCUT2D eigenvalue weighted by atomic mass is 9.99.